The summed E-state index contributed by atoms with van der Waals surface area (Å²) in [6, 6.07) is 2.02. The van der Waals surface area contributed by atoms with Gasteiger partial charge in [0.15, 0.2) is 0 Å². The van der Waals surface area contributed by atoms with Crippen molar-refractivity contribution >= 4 is 11.9 Å². The number of nitrogens with zero attached hydrogens (tertiary/aromatic N) is 6. The van der Waals surface area contributed by atoms with Crippen molar-refractivity contribution in [1.29, 1.82) is 0 Å². The lowest BCUT2D eigenvalue weighted by Gasteiger charge is -2.21. The van der Waals surface area contributed by atoms with Crippen LogP contribution in [0.3, 0.4) is 0 Å². The number of hydrogen-bond acceptors (Lipinski definition) is 5. The Kier molecular flexibility index (Phi) is 5.35. The molecule has 7 heteroatoms. The van der Waals surface area contributed by atoms with Crippen LogP contribution in [0.15, 0.2) is 24.7 Å². The van der Waals surface area contributed by atoms with Gasteiger partial charge in [0.25, 0.3) is 5.91 Å². The molecule has 1 saturated carbocycles. The third-order valence-corrected chi connectivity index (χ3v) is 5.65. The molecule has 0 N–H and O–H groups in total. The first kappa shape index (κ1) is 18.9. The van der Waals surface area contributed by atoms with Crippen LogP contribution in [0.2, 0.25) is 0 Å². The molecule has 0 bridgehead atoms. The number of carbonyl (C=O) groups excluding carboxylic acids is 1. The molecule has 2 aliphatic rings. The molecule has 1 saturated heterocycles. The van der Waals surface area contributed by atoms with Crippen LogP contribution in [0.5, 0.6) is 0 Å². The molecule has 0 unspecified atom stereocenters. The second-order valence-corrected chi connectivity index (χ2v) is 8.32. The van der Waals surface area contributed by atoms with Gasteiger partial charge in [0, 0.05) is 70.0 Å². The first-order valence-electron chi connectivity index (χ1n) is 10.2. The zero-order valence-corrected chi connectivity index (χ0v) is 17.1. The van der Waals surface area contributed by atoms with Crippen LogP contribution in [0.25, 0.3) is 11.1 Å². The van der Waals surface area contributed by atoms with Crippen molar-refractivity contribution < 1.29 is 4.79 Å². The number of carbonyl (C=O) groups is 1. The Morgan fingerprint density at radius 2 is 1.86 bits per heavy atom. The van der Waals surface area contributed by atoms with Gasteiger partial charge in [-0.2, -0.15) is 0 Å². The Hall–Kier alpha value is -2.41. The van der Waals surface area contributed by atoms with Gasteiger partial charge in [0.05, 0.1) is 0 Å². The molecule has 2 aromatic heterocycles. The summed E-state index contributed by atoms with van der Waals surface area (Å²) in [6.07, 6.45) is 9.33. The van der Waals surface area contributed by atoms with E-state index in [0.717, 1.165) is 56.0 Å². The minimum atomic E-state index is 0.146. The van der Waals surface area contributed by atoms with Crippen molar-refractivity contribution in [3.63, 3.8) is 0 Å². The van der Waals surface area contributed by atoms with E-state index in [1.807, 2.05) is 42.4 Å². The third kappa shape index (κ3) is 4.19. The van der Waals surface area contributed by atoms with Gasteiger partial charge in [0.1, 0.15) is 5.69 Å². The summed E-state index contributed by atoms with van der Waals surface area (Å²) in [5, 5.41) is 0. The predicted octanol–water partition coefficient (Wildman–Crippen LogP) is 2.20. The summed E-state index contributed by atoms with van der Waals surface area (Å²) in [5.41, 5.74) is 2.76. The number of amides is 1. The lowest BCUT2D eigenvalue weighted by molar-refractivity contribution is 0.0751. The number of hydrogen-bond donors (Lipinski definition) is 0. The highest BCUT2D eigenvalue weighted by molar-refractivity contribution is 5.94. The van der Waals surface area contributed by atoms with Crippen LogP contribution in [0, 0.1) is 5.92 Å². The lowest BCUT2D eigenvalue weighted by Crippen LogP contribution is -2.35. The highest BCUT2D eigenvalue weighted by Gasteiger charge is 2.27. The zero-order chi connectivity index (χ0) is 19.7. The maximum absolute atomic E-state index is 13.3. The molecule has 150 valence electrons. The van der Waals surface area contributed by atoms with Crippen molar-refractivity contribution in [2.24, 2.45) is 5.92 Å². The summed E-state index contributed by atoms with van der Waals surface area (Å²) >= 11 is 0. The normalized spacial score (nSPS) is 18.2. The molecule has 0 spiro atoms. The molecule has 2 fully saturated rings. The van der Waals surface area contributed by atoms with Gasteiger partial charge in [-0.05, 0) is 44.8 Å². The molecular formula is C21H30N6O. The van der Waals surface area contributed by atoms with Gasteiger partial charge < -0.3 is 19.3 Å². The van der Waals surface area contributed by atoms with Crippen LogP contribution in [-0.4, -0.2) is 77.6 Å². The summed E-state index contributed by atoms with van der Waals surface area (Å²) in [4.78, 5) is 28.4. The molecular weight excluding hydrogens is 352 g/mol. The molecule has 0 aromatic carbocycles. The zero-order valence-electron chi connectivity index (χ0n) is 17.1. The van der Waals surface area contributed by atoms with Crippen molar-refractivity contribution in [2.45, 2.75) is 25.8 Å². The Labute approximate surface area is 167 Å². The number of anilines is 1. The lowest BCUT2D eigenvalue weighted by atomic mass is 10.2. The molecule has 4 rings (SSSR count). The van der Waals surface area contributed by atoms with Crippen LogP contribution in [0.1, 0.15) is 29.8 Å². The molecule has 7 nitrogen and oxygen atoms in total. The maximum Gasteiger partial charge on any atom is 0.270 e. The second-order valence-electron chi connectivity index (χ2n) is 8.32. The minimum Gasteiger partial charge on any atom is -0.347 e. The molecule has 3 heterocycles. The number of likely N-dealkylation sites (N-methyl/N-ethyl adjacent to an activating group) is 1. The van der Waals surface area contributed by atoms with E-state index in [4.69, 9.17) is 0 Å². The number of rotatable bonds is 5. The Bertz CT molecular complexity index is 824. The molecule has 0 radical (unpaired) electrons. The largest absolute Gasteiger partial charge is 0.347 e. The summed E-state index contributed by atoms with van der Waals surface area (Å²) in [5.74, 6) is 1.54. The fourth-order valence-corrected chi connectivity index (χ4v) is 3.69. The highest BCUT2D eigenvalue weighted by Crippen LogP contribution is 2.33. The van der Waals surface area contributed by atoms with Crippen molar-refractivity contribution in [2.75, 3.05) is 52.2 Å². The van der Waals surface area contributed by atoms with E-state index >= 15 is 0 Å². The Morgan fingerprint density at radius 1 is 1.11 bits per heavy atom. The molecule has 1 aliphatic carbocycles. The quantitative estimate of drug-likeness (QED) is 0.794. The minimum absolute atomic E-state index is 0.146. The molecule has 28 heavy (non-hydrogen) atoms. The van der Waals surface area contributed by atoms with Crippen molar-refractivity contribution in [3.05, 3.63) is 30.4 Å². The van der Waals surface area contributed by atoms with E-state index in [1.54, 1.807) is 0 Å². The van der Waals surface area contributed by atoms with Gasteiger partial charge in [-0.3, -0.25) is 4.79 Å². The molecule has 2 aromatic rings. The molecule has 0 atom stereocenters. The van der Waals surface area contributed by atoms with Gasteiger partial charge in [-0.25, -0.2) is 9.97 Å². The van der Waals surface area contributed by atoms with Gasteiger partial charge >= 0.3 is 0 Å². The van der Waals surface area contributed by atoms with Gasteiger partial charge in [-0.15, -0.1) is 0 Å². The highest BCUT2D eigenvalue weighted by atomic mass is 16.2. The fraction of sp³-hybridized carbons (Fsp3) is 0.571. The van der Waals surface area contributed by atoms with E-state index in [2.05, 4.69) is 32.7 Å². The average molecular weight is 383 g/mol. The average Bonchev–Trinajstić information content (AvgIpc) is 3.44. The van der Waals surface area contributed by atoms with E-state index in [1.165, 1.54) is 12.8 Å². The van der Waals surface area contributed by atoms with E-state index in [0.29, 0.717) is 11.9 Å². The molecule has 1 aliphatic heterocycles. The Morgan fingerprint density at radius 3 is 2.54 bits per heavy atom. The van der Waals surface area contributed by atoms with Crippen LogP contribution in [-0.2, 0) is 6.54 Å². The topological polar surface area (TPSA) is 57.5 Å². The predicted molar refractivity (Wildman–Crippen MR) is 111 cm³/mol. The van der Waals surface area contributed by atoms with E-state index in [-0.39, 0.29) is 5.91 Å². The van der Waals surface area contributed by atoms with Gasteiger partial charge in [0.2, 0.25) is 5.95 Å². The maximum atomic E-state index is 13.3. The first-order chi connectivity index (χ1) is 13.5. The SMILES string of the molecule is CN1CCCN(C(=O)c2cc(-c3cnc(N(C)C)nc3)cn2CC2CC2)CC1. The Balaban J connectivity index is 1.61. The standard InChI is InChI=1S/C21H30N6O/c1-24(2)21-22-12-18(13-23-21)17-11-19(27(15-17)14-16-5-6-16)20(28)26-8-4-7-25(3)9-10-26/h11-13,15-16H,4-10,14H2,1-3H3. The van der Waals surface area contributed by atoms with E-state index < -0.39 is 0 Å². The monoisotopic (exact) mass is 382 g/mol. The molecule has 1 amide bonds. The van der Waals surface area contributed by atoms with Gasteiger partial charge in [-0.1, -0.05) is 0 Å². The smallest absolute Gasteiger partial charge is 0.270 e. The van der Waals surface area contributed by atoms with Crippen molar-refractivity contribution in [3.8, 4) is 11.1 Å². The van der Waals surface area contributed by atoms with E-state index in [9.17, 15) is 4.79 Å². The van der Waals surface area contributed by atoms with Crippen molar-refractivity contribution in [1.82, 2.24) is 24.3 Å². The summed E-state index contributed by atoms with van der Waals surface area (Å²) in [6.45, 7) is 4.52. The number of aromatic nitrogens is 3. The fourth-order valence-electron chi connectivity index (χ4n) is 3.69. The second kappa shape index (κ2) is 7.91. The summed E-state index contributed by atoms with van der Waals surface area (Å²) < 4.78 is 2.16. The van der Waals surface area contributed by atoms with Crippen LogP contribution < -0.4 is 4.90 Å². The first-order valence-corrected chi connectivity index (χ1v) is 10.2. The van der Waals surface area contributed by atoms with Crippen LogP contribution >= 0.6 is 0 Å². The third-order valence-electron chi connectivity index (χ3n) is 5.65. The summed E-state index contributed by atoms with van der Waals surface area (Å²) in [7, 11) is 5.98. The van der Waals surface area contributed by atoms with Crippen LogP contribution in [0.4, 0.5) is 5.95 Å².